The van der Waals surface area contributed by atoms with E-state index in [4.69, 9.17) is 14.3 Å². The summed E-state index contributed by atoms with van der Waals surface area (Å²) in [6, 6.07) is 5.31. The summed E-state index contributed by atoms with van der Waals surface area (Å²) in [5, 5.41) is 12.8. The molecule has 0 saturated heterocycles. The maximum atomic E-state index is 11.9. The highest BCUT2D eigenvalue weighted by atomic mass is 16.5. The Labute approximate surface area is 117 Å². The molecule has 1 unspecified atom stereocenters. The third-order valence-corrected chi connectivity index (χ3v) is 3.29. The fraction of sp³-hybridized carbons (Fsp3) is 0.400. The largest absolute Gasteiger partial charge is 0.497 e. The zero-order chi connectivity index (χ0) is 14.5. The van der Waals surface area contributed by atoms with Gasteiger partial charge in [0.25, 0.3) is 0 Å². The monoisotopic (exact) mass is 277 g/mol. The maximum Gasteiger partial charge on any atom is 0.224 e. The number of methoxy groups -OCH3 is 1. The number of aliphatic hydroxyl groups excluding tert-OH is 1. The minimum Gasteiger partial charge on any atom is -0.497 e. The lowest BCUT2D eigenvalue weighted by atomic mass is 10.1. The van der Waals surface area contributed by atoms with Gasteiger partial charge in [0.2, 0.25) is 5.91 Å². The molecule has 108 valence electrons. The molecular formula is C15H19NO4. The van der Waals surface area contributed by atoms with Gasteiger partial charge >= 0.3 is 0 Å². The van der Waals surface area contributed by atoms with Gasteiger partial charge in [-0.15, -0.1) is 0 Å². The van der Waals surface area contributed by atoms with Gasteiger partial charge in [-0.25, -0.2) is 0 Å². The van der Waals surface area contributed by atoms with Crippen molar-refractivity contribution in [3.8, 4) is 5.75 Å². The molecule has 1 aromatic heterocycles. The van der Waals surface area contributed by atoms with Crippen LogP contribution in [-0.4, -0.2) is 30.8 Å². The van der Waals surface area contributed by atoms with Crippen molar-refractivity contribution in [1.29, 1.82) is 0 Å². The Morgan fingerprint density at radius 1 is 1.50 bits per heavy atom. The zero-order valence-corrected chi connectivity index (χ0v) is 11.7. The average molecular weight is 277 g/mol. The Morgan fingerprint density at radius 3 is 2.95 bits per heavy atom. The van der Waals surface area contributed by atoms with Crippen molar-refractivity contribution in [1.82, 2.24) is 5.32 Å². The molecule has 0 aliphatic heterocycles. The second-order valence-electron chi connectivity index (χ2n) is 4.66. The Hall–Kier alpha value is -2.01. The number of carbonyl (C=O) groups excluding carboxylic acids is 1. The molecule has 20 heavy (non-hydrogen) atoms. The predicted molar refractivity (Wildman–Crippen MR) is 75.8 cm³/mol. The van der Waals surface area contributed by atoms with Crippen molar-refractivity contribution in [2.24, 2.45) is 0 Å². The van der Waals surface area contributed by atoms with Crippen LogP contribution in [0, 0.1) is 0 Å². The highest BCUT2D eigenvalue weighted by Crippen LogP contribution is 2.25. The van der Waals surface area contributed by atoms with Crippen molar-refractivity contribution < 1.29 is 19.1 Å². The van der Waals surface area contributed by atoms with Crippen LogP contribution in [0.1, 0.15) is 18.9 Å². The van der Waals surface area contributed by atoms with Gasteiger partial charge < -0.3 is 19.6 Å². The van der Waals surface area contributed by atoms with Crippen LogP contribution in [0.5, 0.6) is 5.75 Å². The molecule has 0 aliphatic rings. The Kier molecular flexibility index (Phi) is 4.63. The number of fused-ring (bicyclic) bond motifs is 1. The van der Waals surface area contributed by atoms with Crippen LogP contribution >= 0.6 is 0 Å². The molecule has 0 radical (unpaired) electrons. The normalized spacial score (nSPS) is 12.3. The molecule has 0 saturated carbocycles. The second kappa shape index (κ2) is 6.43. The number of benzene rings is 1. The van der Waals surface area contributed by atoms with Crippen molar-refractivity contribution >= 4 is 16.9 Å². The minimum atomic E-state index is -0.194. The number of furan rings is 1. The van der Waals surface area contributed by atoms with Crippen LogP contribution in [0.2, 0.25) is 0 Å². The molecule has 2 N–H and O–H groups in total. The summed E-state index contributed by atoms with van der Waals surface area (Å²) < 4.78 is 10.6. The molecule has 1 heterocycles. The first kappa shape index (κ1) is 14.4. The molecule has 0 spiro atoms. The molecule has 5 heteroatoms. The summed E-state index contributed by atoms with van der Waals surface area (Å²) in [4.78, 5) is 11.9. The van der Waals surface area contributed by atoms with Gasteiger partial charge in [-0.3, -0.25) is 4.79 Å². The molecule has 0 bridgehead atoms. The highest BCUT2D eigenvalue weighted by Gasteiger charge is 2.13. The molecule has 2 rings (SSSR count). The summed E-state index contributed by atoms with van der Waals surface area (Å²) >= 11 is 0. The van der Waals surface area contributed by atoms with E-state index in [1.165, 1.54) is 0 Å². The van der Waals surface area contributed by atoms with Crippen LogP contribution in [0.15, 0.2) is 28.9 Å². The predicted octanol–water partition coefficient (Wildman–Crippen LogP) is 1.87. The van der Waals surface area contributed by atoms with Crippen LogP contribution in [-0.2, 0) is 11.2 Å². The molecule has 1 aromatic carbocycles. The van der Waals surface area contributed by atoms with Gasteiger partial charge in [0, 0.05) is 17.0 Å². The molecular weight excluding hydrogens is 258 g/mol. The quantitative estimate of drug-likeness (QED) is 0.845. The van der Waals surface area contributed by atoms with E-state index < -0.39 is 0 Å². The van der Waals surface area contributed by atoms with Crippen LogP contribution in [0.3, 0.4) is 0 Å². The van der Waals surface area contributed by atoms with E-state index in [9.17, 15) is 4.79 Å². The lowest BCUT2D eigenvalue weighted by molar-refractivity contribution is -0.121. The van der Waals surface area contributed by atoms with E-state index in [1.807, 2.05) is 19.1 Å². The van der Waals surface area contributed by atoms with Crippen molar-refractivity contribution in [2.75, 3.05) is 13.7 Å². The first-order chi connectivity index (χ1) is 9.67. The van der Waals surface area contributed by atoms with Crippen LogP contribution in [0.25, 0.3) is 11.0 Å². The molecule has 2 aromatic rings. The maximum absolute atomic E-state index is 11.9. The smallest absolute Gasteiger partial charge is 0.224 e. The standard InChI is InChI=1S/C15H19NO4/c1-3-11(8-17)16-15(18)6-10-9-20-14-7-12(19-2)4-5-13(10)14/h4-5,7,9,11,17H,3,6,8H2,1-2H3,(H,16,18). The van der Waals surface area contributed by atoms with E-state index in [1.54, 1.807) is 19.4 Å². The van der Waals surface area contributed by atoms with E-state index >= 15 is 0 Å². The number of ether oxygens (including phenoxy) is 1. The molecule has 0 fully saturated rings. The molecule has 1 amide bonds. The average Bonchev–Trinajstić information content (AvgIpc) is 2.86. The number of nitrogens with one attached hydrogen (secondary N) is 1. The Balaban J connectivity index is 2.12. The first-order valence-electron chi connectivity index (χ1n) is 6.62. The highest BCUT2D eigenvalue weighted by molar-refractivity contribution is 5.88. The summed E-state index contributed by atoms with van der Waals surface area (Å²) in [7, 11) is 1.60. The Morgan fingerprint density at radius 2 is 2.30 bits per heavy atom. The van der Waals surface area contributed by atoms with Gasteiger partial charge in [0.15, 0.2) is 0 Å². The number of aliphatic hydroxyl groups is 1. The van der Waals surface area contributed by atoms with Gasteiger partial charge in [-0.05, 0) is 18.6 Å². The van der Waals surface area contributed by atoms with Crippen molar-refractivity contribution in [3.63, 3.8) is 0 Å². The number of carbonyl (C=O) groups is 1. The molecule has 1 atom stereocenters. The van der Waals surface area contributed by atoms with Crippen LogP contribution < -0.4 is 10.1 Å². The summed E-state index contributed by atoms with van der Waals surface area (Å²) in [5.41, 5.74) is 1.52. The number of amides is 1. The number of hydrogen-bond acceptors (Lipinski definition) is 4. The fourth-order valence-corrected chi connectivity index (χ4v) is 2.06. The summed E-state index contributed by atoms with van der Waals surface area (Å²) in [6.45, 7) is 1.87. The van der Waals surface area contributed by atoms with E-state index in [0.29, 0.717) is 17.8 Å². The van der Waals surface area contributed by atoms with Crippen LogP contribution in [0.4, 0.5) is 0 Å². The van der Waals surface area contributed by atoms with Crippen molar-refractivity contribution in [3.05, 3.63) is 30.0 Å². The van der Waals surface area contributed by atoms with E-state index in [-0.39, 0.29) is 25.0 Å². The molecule has 0 aliphatic carbocycles. The fourth-order valence-electron chi connectivity index (χ4n) is 2.06. The van der Waals surface area contributed by atoms with Gasteiger partial charge in [0.1, 0.15) is 11.3 Å². The summed E-state index contributed by atoms with van der Waals surface area (Å²) in [6.07, 6.45) is 2.52. The lowest BCUT2D eigenvalue weighted by Crippen LogP contribution is -2.37. The first-order valence-corrected chi connectivity index (χ1v) is 6.62. The third kappa shape index (κ3) is 3.11. The van der Waals surface area contributed by atoms with Gasteiger partial charge in [0.05, 0.1) is 32.4 Å². The minimum absolute atomic E-state index is 0.0500. The third-order valence-electron chi connectivity index (χ3n) is 3.29. The van der Waals surface area contributed by atoms with E-state index in [0.717, 1.165) is 10.9 Å². The number of rotatable bonds is 6. The molecule has 5 nitrogen and oxygen atoms in total. The van der Waals surface area contributed by atoms with Gasteiger partial charge in [-0.2, -0.15) is 0 Å². The number of hydrogen-bond donors (Lipinski definition) is 2. The topological polar surface area (TPSA) is 71.7 Å². The Bertz CT molecular complexity index is 587. The lowest BCUT2D eigenvalue weighted by Gasteiger charge is -2.13. The van der Waals surface area contributed by atoms with Gasteiger partial charge in [-0.1, -0.05) is 6.92 Å². The SMILES string of the molecule is CCC(CO)NC(=O)Cc1coc2cc(OC)ccc12. The second-order valence-corrected chi connectivity index (χ2v) is 4.66. The summed E-state index contributed by atoms with van der Waals surface area (Å²) in [5.74, 6) is 0.596. The van der Waals surface area contributed by atoms with E-state index in [2.05, 4.69) is 5.32 Å². The zero-order valence-electron chi connectivity index (χ0n) is 11.7. The van der Waals surface area contributed by atoms with Crippen molar-refractivity contribution in [2.45, 2.75) is 25.8 Å².